The maximum atomic E-state index is 13.5. The first-order valence-electron chi connectivity index (χ1n) is 17.4. The largest absolute Gasteiger partial charge is 0.416 e. The monoisotopic (exact) mass is 683 g/mol. The van der Waals surface area contributed by atoms with E-state index in [1.165, 1.54) is 47.4 Å². The molecule has 1 aromatic carbocycles. The Balaban J connectivity index is 0.000000609. The summed E-state index contributed by atoms with van der Waals surface area (Å²) in [6, 6.07) is 7.16. The molecule has 4 rings (SSSR count). The van der Waals surface area contributed by atoms with Crippen molar-refractivity contribution < 1.29 is 13.2 Å². The number of nitrogen functional groups attached to an aromatic ring is 1. The fourth-order valence-corrected chi connectivity index (χ4v) is 7.15. The van der Waals surface area contributed by atoms with E-state index in [4.69, 9.17) is 5.73 Å². The number of hydrogen-bond donors (Lipinski definition) is 2. The second-order valence-electron chi connectivity index (χ2n) is 13.1. The molecule has 1 atom stereocenters. The van der Waals surface area contributed by atoms with Crippen molar-refractivity contribution in [2.45, 2.75) is 111 Å². The molecule has 3 N–H and O–H groups in total. The molecule has 0 amide bonds. The van der Waals surface area contributed by atoms with Crippen molar-refractivity contribution in [1.29, 1.82) is 0 Å². The molecule has 0 aliphatic carbocycles. The smallest absolute Gasteiger partial charge is 0.383 e. The number of halogens is 3. The van der Waals surface area contributed by atoms with E-state index in [-0.39, 0.29) is 0 Å². The molecule has 0 spiro atoms. The molecule has 0 saturated carbocycles. The summed E-state index contributed by atoms with van der Waals surface area (Å²) in [6.07, 6.45) is 7.67. The van der Waals surface area contributed by atoms with Gasteiger partial charge in [-0.25, -0.2) is 4.98 Å². The summed E-state index contributed by atoms with van der Waals surface area (Å²) in [7, 11) is 4.31. The van der Waals surface area contributed by atoms with Gasteiger partial charge >= 0.3 is 6.18 Å². The SMILES string of the molecule is C=C(Nc1cc(CCCC)cc(C(F)(F)F)c1)c1csc2c1CCN(Cc1cnc(N)c(C=C(C)CC)c1)C2.CCC[C@H](CC)N(C)C. The Labute approximate surface area is 291 Å². The number of alkyl halides is 3. The second kappa shape index (κ2) is 18.6. The number of nitrogens with zero attached hydrogens (tertiary/aromatic N) is 3. The van der Waals surface area contributed by atoms with Gasteiger partial charge < -0.3 is 16.0 Å². The Kier molecular flexibility index (Phi) is 15.2. The van der Waals surface area contributed by atoms with Crippen molar-refractivity contribution in [2.24, 2.45) is 0 Å². The van der Waals surface area contributed by atoms with Crippen LogP contribution in [0, 0.1) is 0 Å². The van der Waals surface area contributed by atoms with Crippen molar-refractivity contribution in [1.82, 2.24) is 14.8 Å². The van der Waals surface area contributed by atoms with Gasteiger partial charge in [-0.05, 0) is 100 Å². The van der Waals surface area contributed by atoms with Gasteiger partial charge in [0.2, 0.25) is 0 Å². The van der Waals surface area contributed by atoms with Crippen LogP contribution >= 0.6 is 11.3 Å². The number of nitrogens with one attached hydrogen (secondary N) is 1. The molecular weight excluding hydrogens is 628 g/mol. The molecule has 1 aliphatic rings. The van der Waals surface area contributed by atoms with Crippen molar-refractivity contribution in [3.05, 3.63) is 86.3 Å². The highest BCUT2D eigenvalue weighted by Gasteiger charge is 2.31. The third kappa shape index (κ3) is 11.5. The molecule has 3 aromatic rings. The van der Waals surface area contributed by atoms with E-state index in [9.17, 15) is 13.2 Å². The van der Waals surface area contributed by atoms with Gasteiger partial charge in [-0.3, -0.25) is 4.90 Å². The van der Waals surface area contributed by atoms with E-state index in [1.54, 1.807) is 11.3 Å². The van der Waals surface area contributed by atoms with Crippen LogP contribution < -0.4 is 11.1 Å². The quantitative estimate of drug-likeness (QED) is 0.177. The lowest BCUT2D eigenvalue weighted by molar-refractivity contribution is -0.137. The zero-order valence-corrected chi connectivity index (χ0v) is 30.9. The summed E-state index contributed by atoms with van der Waals surface area (Å²) >= 11 is 1.68. The van der Waals surface area contributed by atoms with Gasteiger partial charge in [-0.1, -0.05) is 58.8 Å². The zero-order valence-electron chi connectivity index (χ0n) is 30.1. The zero-order chi connectivity index (χ0) is 35.4. The van der Waals surface area contributed by atoms with E-state index < -0.39 is 11.7 Å². The minimum absolute atomic E-state index is 0.428. The number of benzene rings is 1. The van der Waals surface area contributed by atoms with E-state index in [0.717, 1.165) is 68.0 Å². The van der Waals surface area contributed by atoms with Crippen molar-refractivity contribution in [2.75, 3.05) is 31.7 Å². The van der Waals surface area contributed by atoms with Crippen molar-refractivity contribution >= 4 is 34.6 Å². The second-order valence-corrected chi connectivity index (χ2v) is 14.1. The number of aromatic nitrogens is 1. The number of hydrogen-bond acceptors (Lipinski definition) is 6. The number of pyridine rings is 1. The minimum atomic E-state index is -4.39. The molecule has 48 heavy (non-hydrogen) atoms. The van der Waals surface area contributed by atoms with Gasteiger partial charge in [0.15, 0.2) is 0 Å². The van der Waals surface area contributed by atoms with E-state index >= 15 is 0 Å². The topological polar surface area (TPSA) is 57.4 Å². The number of thiophene rings is 1. The Hall–Kier alpha value is -3.14. The van der Waals surface area contributed by atoms with Crippen molar-refractivity contribution in [3.63, 3.8) is 0 Å². The molecule has 0 bridgehead atoms. The Morgan fingerprint density at radius 3 is 2.48 bits per heavy atom. The molecule has 0 fully saturated rings. The highest BCUT2D eigenvalue weighted by molar-refractivity contribution is 7.10. The number of aryl methyl sites for hydroxylation is 1. The number of rotatable bonds is 14. The predicted molar refractivity (Wildman–Crippen MR) is 200 cm³/mol. The third-order valence-electron chi connectivity index (χ3n) is 8.98. The van der Waals surface area contributed by atoms with E-state index in [1.807, 2.05) is 19.2 Å². The van der Waals surface area contributed by atoms with Crippen LogP contribution in [-0.2, 0) is 32.1 Å². The maximum Gasteiger partial charge on any atom is 0.416 e. The van der Waals surface area contributed by atoms with Gasteiger partial charge in [0.1, 0.15) is 5.82 Å². The summed E-state index contributed by atoms with van der Waals surface area (Å²) in [5, 5.41) is 5.25. The van der Waals surface area contributed by atoms with Gasteiger partial charge in [-0.2, -0.15) is 13.2 Å². The lowest BCUT2D eigenvalue weighted by Gasteiger charge is -2.27. The lowest BCUT2D eigenvalue weighted by Crippen LogP contribution is -2.29. The van der Waals surface area contributed by atoms with Crippen LogP contribution in [0.15, 0.2) is 48.0 Å². The molecule has 3 heterocycles. The van der Waals surface area contributed by atoms with Gasteiger partial charge in [0.25, 0.3) is 0 Å². The number of nitrogens with two attached hydrogens (primary N) is 1. The summed E-state index contributed by atoms with van der Waals surface area (Å²) in [5.74, 6) is 0.541. The van der Waals surface area contributed by atoms with Crippen LogP contribution in [0.1, 0.15) is 111 Å². The molecule has 0 unspecified atom stereocenters. The summed E-state index contributed by atoms with van der Waals surface area (Å²) < 4.78 is 40.6. The summed E-state index contributed by atoms with van der Waals surface area (Å²) in [4.78, 5) is 10.4. The number of anilines is 2. The molecule has 5 nitrogen and oxygen atoms in total. The maximum absolute atomic E-state index is 13.5. The Morgan fingerprint density at radius 2 is 1.88 bits per heavy atom. The van der Waals surface area contributed by atoms with Gasteiger partial charge in [0, 0.05) is 64.6 Å². The van der Waals surface area contributed by atoms with E-state index in [2.05, 4.69) is 86.0 Å². The molecule has 9 heteroatoms. The average Bonchev–Trinajstić information content (AvgIpc) is 3.47. The highest BCUT2D eigenvalue weighted by atomic mass is 32.1. The minimum Gasteiger partial charge on any atom is -0.383 e. The third-order valence-corrected chi connectivity index (χ3v) is 9.99. The summed E-state index contributed by atoms with van der Waals surface area (Å²) in [6.45, 7) is 17.4. The number of fused-ring (bicyclic) bond motifs is 1. The number of unbranched alkanes of at least 4 members (excludes halogenated alkanes) is 1. The molecular formula is C39H56F3N5S. The average molecular weight is 684 g/mol. The Morgan fingerprint density at radius 1 is 1.12 bits per heavy atom. The van der Waals surface area contributed by atoms with Crippen LogP contribution in [0.3, 0.4) is 0 Å². The lowest BCUT2D eigenvalue weighted by atomic mass is 10.0. The van der Waals surface area contributed by atoms with Crippen LogP contribution in [0.5, 0.6) is 0 Å². The van der Waals surface area contributed by atoms with E-state index in [0.29, 0.717) is 29.2 Å². The first-order chi connectivity index (χ1) is 22.8. The van der Waals surface area contributed by atoms with Crippen LogP contribution in [0.4, 0.5) is 24.7 Å². The molecule has 2 aromatic heterocycles. The van der Waals surface area contributed by atoms with Crippen LogP contribution in [-0.4, -0.2) is 41.5 Å². The molecule has 264 valence electrons. The fourth-order valence-electron chi connectivity index (χ4n) is 5.99. The van der Waals surface area contributed by atoms with Gasteiger partial charge in [-0.15, -0.1) is 11.3 Å². The summed E-state index contributed by atoms with van der Waals surface area (Å²) in [5.41, 5.74) is 12.8. The molecule has 1 aliphatic heterocycles. The predicted octanol–water partition coefficient (Wildman–Crippen LogP) is 10.7. The first-order valence-corrected chi connectivity index (χ1v) is 18.2. The highest BCUT2D eigenvalue weighted by Crippen LogP contribution is 2.36. The fraction of sp³-hybridized carbons (Fsp3) is 0.513. The van der Waals surface area contributed by atoms with Crippen molar-refractivity contribution in [3.8, 4) is 0 Å². The van der Waals surface area contributed by atoms with Crippen LogP contribution in [0.25, 0.3) is 11.8 Å². The molecule has 0 saturated heterocycles. The normalized spacial score (nSPS) is 14.4. The molecule has 0 radical (unpaired) electrons. The first kappa shape index (κ1) is 39.3. The van der Waals surface area contributed by atoms with Crippen LogP contribution in [0.2, 0.25) is 0 Å². The standard InChI is InChI=1S/C31H37F3N4S.C8H19N/c1-5-7-8-22-13-25(31(32,33)34)15-26(14-22)37-21(4)28-19-39-29-18-38(10-9-27(28)29)17-23-12-24(11-20(3)6-2)30(35)36-16-23;1-5-7-8(6-2)9(3)4/h11-16,19,37H,4-10,17-18H2,1-3H3,(H2,35,36);8H,5-7H2,1-4H3/t;8-/m.0/s1. The Bertz CT molecular complexity index is 1510. The van der Waals surface area contributed by atoms with Gasteiger partial charge in [0.05, 0.1) is 5.56 Å². The number of allylic oxidation sites excluding steroid dienone is 1.